The van der Waals surface area contributed by atoms with Gasteiger partial charge in [0.25, 0.3) is 5.78 Å². The number of fused-ring (bicyclic) bond motifs is 1. The molecule has 2 heterocycles. The maximum atomic E-state index is 13.7. The molecule has 0 N–H and O–H groups in total. The number of thioether (sulfide) groups is 1. The van der Waals surface area contributed by atoms with Crippen LogP contribution in [0.5, 0.6) is 0 Å². The van der Waals surface area contributed by atoms with Crippen LogP contribution in [0.2, 0.25) is 0 Å². The first-order valence-corrected chi connectivity index (χ1v) is 6.80. The first-order chi connectivity index (χ1) is 9.63. The number of nitrogens with zero attached hydrogens (tertiary/aromatic N) is 4. The smallest absolute Gasteiger partial charge is 0.220 e. The Morgan fingerprint density at radius 1 is 1.30 bits per heavy atom. The Morgan fingerprint density at radius 2 is 2.15 bits per heavy atom. The second-order valence-electron chi connectivity index (χ2n) is 4.18. The summed E-state index contributed by atoms with van der Waals surface area (Å²) in [6.07, 6.45) is 3.37. The van der Waals surface area contributed by atoms with E-state index < -0.39 is 11.6 Å². The fourth-order valence-corrected chi connectivity index (χ4v) is 2.72. The standard InChI is InChI=1S/C13H10F2N4S/c1-8(10-4-3-9(14)7-11(10)15)20-13-17-12-16-5-2-6-19(12)18-13/h2-8H,1H3/t8-/m1/s1. The molecule has 3 aromatic rings. The Morgan fingerprint density at radius 3 is 2.90 bits per heavy atom. The van der Waals surface area contributed by atoms with Crippen molar-refractivity contribution >= 4 is 17.5 Å². The third kappa shape index (κ3) is 2.49. The van der Waals surface area contributed by atoms with Gasteiger partial charge in [-0.2, -0.15) is 4.98 Å². The van der Waals surface area contributed by atoms with Crippen molar-refractivity contribution in [3.8, 4) is 0 Å². The number of halogens is 2. The SMILES string of the molecule is C[C@@H](Sc1nc2ncccn2n1)c1ccc(F)cc1F. The van der Waals surface area contributed by atoms with E-state index in [9.17, 15) is 8.78 Å². The molecule has 3 rings (SSSR count). The minimum Gasteiger partial charge on any atom is -0.220 e. The minimum atomic E-state index is -0.585. The second kappa shape index (κ2) is 5.16. The van der Waals surface area contributed by atoms with Gasteiger partial charge >= 0.3 is 0 Å². The predicted octanol–water partition coefficient (Wildman–Crippen LogP) is 3.26. The molecule has 1 atom stereocenters. The average Bonchev–Trinajstić information content (AvgIpc) is 2.80. The molecule has 0 aliphatic rings. The summed E-state index contributed by atoms with van der Waals surface area (Å²) < 4.78 is 28.1. The molecule has 0 saturated heterocycles. The van der Waals surface area contributed by atoms with Crippen molar-refractivity contribution < 1.29 is 8.78 Å². The van der Waals surface area contributed by atoms with Crippen LogP contribution in [0.4, 0.5) is 8.78 Å². The van der Waals surface area contributed by atoms with Gasteiger partial charge in [0.2, 0.25) is 5.16 Å². The van der Waals surface area contributed by atoms with Gasteiger partial charge in [0.05, 0.1) is 0 Å². The Balaban J connectivity index is 1.86. The number of benzene rings is 1. The first kappa shape index (κ1) is 13.0. The molecule has 0 unspecified atom stereocenters. The monoisotopic (exact) mass is 292 g/mol. The summed E-state index contributed by atoms with van der Waals surface area (Å²) in [6, 6.07) is 5.31. The molecule has 0 aliphatic carbocycles. The van der Waals surface area contributed by atoms with Gasteiger partial charge in [-0.15, -0.1) is 5.10 Å². The zero-order valence-corrected chi connectivity index (χ0v) is 11.3. The largest absolute Gasteiger partial charge is 0.253 e. The molecule has 0 spiro atoms. The molecule has 0 amide bonds. The van der Waals surface area contributed by atoms with E-state index in [1.807, 2.05) is 6.92 Å². The summed E-state index contributed by atoms with van der Waals surface area (Å²) >= 11 is 1.30. The van der Waals surface area contributed by atoms with Crippen LogP contribution in [0.1, 0.15) is 17.7 Å². The lowest BCUT2D eigenvalue weighted by molar-refractivity contribution is 0.572. The van der Waals surface area contributed by atoms with E-state index in [1.54, 1.807) is 23.0 Å². The maximum absolute atomic E-state index is 13.7. The van der Waals surface area contributed by atoms with Gasteiger partial charge in [0.15, 0.2) is 0 Å². The van der Waals surface area contributed by atoms with Gasteiger partial charge in [-0.05, 0) is 19.1 Å². The van der Waals surface area contributed by atoms with Crippen molar-refractivity contribution in [1.82, 2.24) is 19.6 Å². The van der Waals surface area contributed by atoms with Crippen molar-refractivity contribution in [2.24, 2.45) is 0 Å². The van der Waals surface area contributed by atoms with Crippen LogP contribution in [0, 0.1) is 11.6 Å². The van der Waals surface area contributed by atoms with Gasteiger partial charge in [0, 0.05) is 29.3 Å². The Labute approximate surface area is 117 Å². The first-order valence-electron chi connectivity index (χ1n) is 5.92. The lowest BCUT2D eigenvalue weighted by Crippen LogP contribution is -1.95. The summed E-state index contributed by atoms with van der Waals surface area (Å²) in [4.78, 5) is 8.30. The lowest BCUT2D eigenvalue weighted by atomic mass is 10.1. The van der Waals surface area contributed by atoms with E-state index in [0.717, 1.165) is 6.07 Å². The summed E-state index contributed by atoms with van der Waals surface area (Å²) in [5, 5.41) is 4.51. The topological polar surface area (TPSA) is 43.1 Å². The molecule has 0 aliphatic heterocycles. The van der Waals surface area contributed by atoms with E-state index in [0.29, 0.717) is 16.5 Å². The average molecular weight is 292 g/mol. The second-order valence-corrected chi connectivity index (χ2v) is 5.49. The van der Waals surface area contributed by atoms with Gasteiger partial charge in [-0.3, -0.25) is 0 Å². The van der Waals surface area contributed by atoms with Crippen LogP contribution >= 0.6 is 11.8 Å². The number of aromatic nitrogens is 4. The van der Waals surface area contributed by atoms with E-state index in [1.165, 1.54) is 23.9 Å². The zero-order valence-electron chi connectivity index (χ0n) is 10.5. The quantitative estimate of drug-likeness (QED) is 0.695. The van der Waals surface area contributed by atoms with Crippen molar-refractivity contribution in [3.05, 3.63) is 53.9 Å². The third-order valence-corrected chi connectivity index (χ3v) is 3.77. The summed E-state index contributed by atoms with van der Waals surface area (Å²) in [7, 11) is 0. The molecule has 1 aromatic carbocycles. The summed E-state index contributed by atoms with van der Waals surface area (Å²) in [5.41, 5.74) is 0.420. The Hall–Kier alpha value is -2.02. The molecule has 4 nitrogen and oxygen atoms in total. The molecule has 0 saturated carbocycles. The molecule has 0 bridgehead atoms. The van der Waals surface area contributed by atoms with Crippen LogP contribution in [0.15, 0.2) is 41.8 Å². The Bertz CT molecular complexity index is 726. The number of hydrogen-bond acceptors (Lipinski definition) is 4. The van der Waals surface area contributed by atoms with Gasteiger partial charge < -0.3 is 0 Å². The fraction of sp³-hybridized carbons (Fsp3) is 0.154. The molecule has 20 heavy (non-hydrogen) atoms. The number of rotatable bonds is 3. The summed E-state index contributed by atoms with van der Waals surface area (Å²) in [6.45, 7) is 1.82. The van der Waals surface area contributed by atoms with Crippen molar-refractivity contribution in [2.75, 3.05) is 0 Å². The highest BCUT2D eigenvalue weighted by molar-refractivity contribution is 7.99. The van der Waals surface area contributed by atoms with E-state index in [-0.39, 0.29) is 5.25 Å². The van der Waals surface area contributed by atoms with Gasteiger partial charge in [0.1, 0.15) is 11.6 Å². The molecular weight excluding hydrogens is 282 g/mol. The maximum Gasteiger partial charge on any atom is 0.253 e. The van der Waals surface area contributed by atoms with Crippen LogP contribution in [0.3, 0.4) is 0 Å². The van der Waals surface area contributed by atoms with Crippen LogP contribution in [-0.2, 0) is 0 Å². The van der Waals surface area contributed by atoms with Crippen LogP contribution in [-0.4, -0.2) is 19.6 Å². The predicted molar refractivity (Wildman–Crippen MR) is 71.4 cm³/mol. The molecule has 102 valence electrons. The zero-order chi connectivity index (χ0) is 14.1. The van der Waals surface area contributed by atoms with Crippen molar-refractivity contribution in [1.29, 1.82) is 0 Å². The molecule has 0 radical (unpaired) electrons. The molecular formula is C13H10F2N4S. The highest BCUT2D eigenvalue weighted by Crippen LogP contribution is 2.34. The van der Waals surface area contributed by atoms with E-state index in [2.05, 4.69) is 15.1 Å². The third-order valence-electron chi connectivity index (χ3n) is 2.78. The van der Waals surface area contributed by atoms with E-state index >= 15 is 0 Å². The van der Waals surface area contributed by atoms with Crippen molar-refractivity contribution in [3.63, 3.8) is 0 Å². The minimum absolute atomic E-state index is 0.229. The van der Waals surface area contributed by atoms with Crippen LogP contribution < -0.4 is 0 Å². The van der Waals surface area contributed by atoms with Crippen molar-refractivity contribution in [2.45, 2.75) is 17.3 Å². The lowest BCUT2D eigenvalue weighted by Gasteiger charge is -2.09. The molecule has 2 aromatic heterocycles. The summed E-state index contributed by atoms with van der Waals surface area (Å²) in [5.74, 6) is -0.660. The van der Waals surface area contributed by atoms with E-state index in [4.69, 9.17) is 0 Å². The molecule has 7 heteroatoms. The highest BCUT2D eigenvalue weighted by Gasteiger charge is 2.16. The highest BCUT2D eigenvalue weighted by atomic mass is 32.2. The van der Waals surface area contributed by atoms with Crippen LogP contribution in [0.25, 0.3) is 5.78 Å². The fourth-order valence-electron chi connectivity index (χ4n) is 1.82. The number of hydrogen-bond donors (Lipinski definition) is 0. The normalized spacial score (nSPS) is 12.8. The Kier molecular flexibility index (Phi) is 3.35. The van der Waals surface area contributed by atoms with Gasteiger partial charge in [-0.1, -0.05) is 17.8 Å². The van der Waals surface area contributed by atoms with Gasteiger partial charge in [-0.25, -0.2) is 18.3 Å². The molecule has 0 fully saturated rings.